The molecule has 2 aliphatic rings. The van der Waals surface area contributed by atoms with Crippen LogP contribution >= 0.6 is 0 Å². The summed E-state index contributed by atoms with van der Waals surface area (Å²) in [5.41, 5.74) is 1.26. The van der Waals surface area contributed by atoms with Crippen LogP contribution in [0, 0.1) is 0 Å². The van der Waals surface area contributed by atoms with E-state index in [4.69, 9.17) is 0 Å². The molecule has 1 aromatic rings. The number of carbonyl (C=O) groups is 2. The minimum Gasteiger partial charge on any atom is -0.453 e. The Balaban J connectivity index is 1.91. The van der Waals surface area contributed by atoms with Crippen molar-refractivity contribution in [2.24, 2.45) is 0 Å². The van der Waals surface area contributed by atoms with E-state index in [2.05, 4.69) is 10.1 Å². The number of rotatable bonds is 0. The highest BCUT2D eigenvalue weighted by Gasteiger charge is 2.56. The van der Waals surface area contributed by atoms with Gasteiger partial charge in [-0.25, -0.2) is 4.79 Å². The number of carbonyl (C=O) groups excluding carboxylic acids is 2. The first-order chi connectivity index (χ1) is 8.17. The molecule has 2 amide bonds. The van der Waals surface area contributed by atoms with Crippen molar-refractivity contribution in [3.8, 4) is 0 Å². The maximum absolute atomic E-state index is 12.0. The lowest BCUT2D eigenvalue weighted by atomic mass is 9.75. The highest BCUT2D eigenvalue weighted by Crippen LogP contribution is 2.44. The van der Waals surface area contributed by atoms with Gasteiger partial charge in [0.05, 0.1) is 7.11 Å². The molecule has 1 spiro atoms. The van der Waals surface area contributed by atoms with E-state index < -0.39 is 5.41 Å². The van der Waals surface area contributed by atoms with Crippen LogP contribution in [0.3, 0.4) is 0 Å². The van der Waals surface area contributed by atoms with Crippen molar-refractivity contribution >= 4 is 17.7 Å². The number of methoxy groups -OCH3 is 1. The van der Waals surface area contributed by atoms with Gasteiger partial charge in [-0.15, -0.1) is 0 Å². The van der Waals surface area contributed by atoms with Gasteiger partial charge in [0.1, 0.15) is 5.41 Å². The van der Waals surface area contributed by atoms with Crippen molar-refractivity contribution < 1.29 is 14.3 Å². The Bertz CT molecular complexity index is 506. The smallest absolute Gasteiger partial charge is 0.409 e. The number of hydrogen-bond donors (Lipinski definition) is 1. The first-order valence-electron chi connectivity index (χ1n) is 5.41. The van der Waals surface area contributed by atoms with Gasteiger partial charge in [0.15, 0.2) is 0 Å². The molecule has 1 saturated heterocycles. The van der Waals surface area contributed by atoms with Gasteiger partial charge < -0.3 is 15.0 Å². The maximum Gasteiger partial charge on any atom is 0.409 e. The van der Waals surface area contributed by atoms with Gasteiger partial charge in [0.2, 0.25) is 5.91 Å². The third-order valence-corrected chi connectivity index (χ3v) is 3.48. The highest BCUT2D eigenvalue weighted by atomic mass is 16.5. The van der Waals surface area contributed by atoms with Crippen molar-refractivity contribution in [1.82, 2.24) is 4.90 Å². The molecular formula is C12H12N2O3. The van der Waals surface area contributed by atoms with Crippen molar-refractivity contribution in [1.29, 1.82) is 0 Å². The standard InChI is InChI=1S/C12H12N2O3/c1-17-11(16)14-6-12(7-14)8-4-2-3-5-9(8)13-10(12)15/h2-5H,6-7H2,1H3,(H,13,15). The molecular weight excluding hydrogens is 220 g/mol. The van der Waals surface area contributed by atoms with E-state index in [-0.39, 0.29) is 12.0 Å². The number of benzene rings is 1. The van der Waals surface area contributed by atoms with E-state index in [1.54, 1.807) is 0 Å². The Morgan fingerprint density at radius 3 is 2.82 bits per heavy atom. The van der Waals surface area contributed by atoms with Crippen molar-refractivity contribution in [3.63, 3.8) is 0 Å². The van der Waals surface area contributed by atoms with Gasteiger partial charge in [-0.1, -0.05) is 18.2 Å². The Hall–Kier alpha value is -2.04. The summed E-state index contributed by atoms with van der Waals surface area (Å²) in [6.07, 6.45) is -0.382. The largest absolute Gasteiger partial charge is 0.453 e. The Morgan fingerprint density at radius 2 is 2.12 bits per heavy atom. The molecule has 0 saturated carbocycles. The summed E-state index contributed by atoms with van der Waals surface area (Å²) < 4.78 is 4.64. The van der Waals surface area contributed by atoms with Crippen LogP contribution in [-0.4, -0.2) is 37.1 Å². The quantitative estimate of drug-likeness (QED) is 0.724. The van der Waals surface area contributed by atoms with E-state index in [0.717, 1.165) is 11.3 Å². The summed E-state index contributed by atoms with van der Waals surface area (Å²) in [5.74, 6) is -0.0288. The molecule has 5 nitrogen and oxygen atoms in total. The van der Waals surface area contributed by atoms with Crippen molar-refractivity contribution in [3.05, 3.63) is 29.8 Å². The van der Waals surface area contributed by atoms with Gasteiger partial charge >= 0.3 is 6.09 Å². The first kappa shape index (κ1) is 10.1. The summed E-state index contributed by atoms with van der Waals surface area (Å²) in [5, 5.41) is 2.85. The zero-order valence-electron chi connectivity index (χ0n) is 9.40. The van der Waals surface area contributed by atoms with Gasteiger partial charge in [0, 0.05) is 18.8 Å². The molecule has 0 radical (unpaired) electrons. The van der Waals surface area contributed by atoms with Crippen LogP contribution in [0.15, 0.2) is 24.3 Å². The lowest BCUT2D eigenvalue weighted by Gasteiger charge is -2.45. The van der Waals surface area contributed by atoms with Gasteiger partial charge in [-0.3, -0.25) is 4.79 Å². The van der Waals surface area contributed by atoms with E-state index in [1.165, 1.54) is 12.0 Å². The number of hydrogen-bond acceptors (Lipinski definition) is 3. The van der Waals surface area contributed by atoms with E-state index in [1.807, 2.05) is 24.3 Å². The Labute approximate surface area is 98.4 Å². The number of ether oxygens (including phenoxy) is 1. The average Bonchev–Trinajstić information content (AvgIpc) is 2.58. The SMILES string of the molecule is COC(=O)N1CC2(C1)C(=O)Nc1ccccc12. The predicted octanol–water partition coefficient (Wildman–Crippen LogP) is 0.958. The molecule has 2 heterocycles. The molecule has 0 aliphatic carbocycles. The fourth-order valence-corrected chi connectivity index (χ4v) is 2.55. The summed E-state index contributed by atoms with van der Waals surface area (Å²) in [7, 11) is 1.34. The van der Waals surface area contributed by atoms with Crippen molar-refractivity contribution in [2.75, 3.05) is 25.5 Å². The minimum absolute atomic E-state index is 0.0288. The normalized spacial score (nSPS) is 19.6. The molecule has 1 aromatic carbocycles. The van der Waals surface area contributed by atoms with Gasteiger partial charge in [-0.05, 0) is 11.6 Å². The monoisotopic (exact) mass is 232 g/mol. The van der Waals surface area contributed by atoms with Gasteiger partial charge in [0.25, 0.3) is 0 Å². The van der Waals surface area contributed by atoms with E-state index in [9.17, 15) is 9.59 Å². The molecule has 17 heavy (non-hydrogen) atoms. The summed E-state index contributed by atoms with van der Waals surface area (Å²) >= 11 is 0. The molecule has 1 N–H and O–H groups in total. The summed E-state index contributed by atoms with van der Waals surface area (Å²) in [6.45, 7) is 0.783. The van der Waals surface area contributed by atoms with Crippen LogP contribution < -0.4 is 5.32 Å². The topological polar surface area (TPSA) is 58.6 Å². The number of fused-ring (bicyclic) bond motifs is 2. The average molecular weight is 232 g/mol. The molecule has 5 heteroatoms. The third-order valence-electron chi connectivity index (χ3n) is 3.48. The molecule has 3 rings (SSSR count). The second kappa shape index (κ2) is 3.23. The maximum atomic E-state index is 12.0. The molecule has 0 bridgehead atoms. The molecule has 1 fully saturated rings. The fraction of sp³-hybridized carbons (Fsp3) is 0.333. The number of amides is 2. The molecule has 0 atom stereocenters. The lowest BCUT2D eigenvalue weighted by molar-refractivity contribution is -0.125. The van der Waals surface area contributed by atoms with Crippen LogP contribution in [0.4, 0.5) is 10.5 Å². The summed E-state index contributed by atoms with van der Waals surface area (Å²) in [4.78, 5) is 24.9. The first-order valence-corrected chi connectivity index (χ1v) is 5.41. The second-order valence-corrected chi connectivity index (χ2v) is 4.41. The van der Waals surface area contributed by atoms with Gasteiger partial charge in [-0.2, -0.15) is 0 Å². The van der Waals surface area contributed by atoms with Crippen LogP contribution in [-0.2, 0) is 14.9 Å². The zero-order chi connectivity index (χ0) is 12.0. The van der Waals surface area contributed by atoms with Crippen molar-refractivity contribution in [2.45, 2.75) is 5.41 Å². The number of para-hydroxylation sites is 1. The fourth-order valence-electron chi connectivity index (χ4n) is 2.55. The highest BCUT2D eigenvalue weighted by molar-refractivity contribution is 6.08. The zero-order valence-corrected chi connectivity index (χ0v) is 9.40. The second-order valence-electron chi connectivity index (χ2n) is 4.41. The van der Waals surface area contributed by atoms with E-state index >= 15 is 0 Å². The third kappa shape index (κ3) is 1.19. The summed E-state index contributed by atoms with van der Waals surface area (Å²) in [6, 6.07) is 7.60. The Kier molecular flexibility index (Phi) is 1.92. The number of likely N-dealkylation sites (tertiary alicyclic amines) is 1. The van der Waals surface area contributed by atoms with Crippen LogP contribution in [0.5, 0.6) is 0 Å². The molecule has 0 aromatic heterocycles. The number of nitrogens with one attached hydrogen (secondary N) is 1. The molecule has 2 aliphatic heterocycles. The molecule has 88 valence electrons. The van der Waals surface area contributed by atoms with Crippen LogP contribution in [0.1, 0.15) is 5.56 Å². The molecule has 0 unspecified atom stereocenters. The number of anilines is 1. The van der Waals surface area contributed by atoms with Crippen LogP contribution in [0.25, 0.3) is 0 Å². The van der Waals surface area contributed by atoms with E-state index in [0.29, 0.717) is 13.1 Å². The Morgan fingerprint density at radius 1 is 1.41 bits per heavy atom. The predicted molar refractivity (Wildman–Crippen MR) is 60.7 cm³/mol. The minimum atomic E-state index is -0.565. The lowest BCUT2D eigenvalue weighted by Crippen LogP contribution is -2.64. The van der Waals surface area contributed by atoms with Crippen LogP contribution in [0.2, 0.25) is 0 Å². The number of nitrogens with zero attached hydrogens (tertiary/aromatic N) is 1.